The van der Waals surface area contributed by atoms with E-state index in [1.54, 1.807) is 0 Å². The van der Waals surface area contributed by atoms with E-state index < -0.39 is 60.2 Å². The Morgan fingerprint density at radius 2 is 1.44 bits per heavy atom. The van der Waals surface area contributed by atoms with Gasteiger partial charge in [0.1, 0.15) is 18.1 Å². The highest BCUT2D eigenvalue weighted by Gasteiger charge is 2.31. The largest absolute Gasteiger partial charge is 0.481 e. The third-order valence-corrected chi connectivity index (χ3v) is 5.28. The summed E-state index contributed by atoms with van der Waals surface area (Å²) in [4.78, 5) is 68.0. The van der Waals surface area contributed by atoms with E-state index >= 15 is 0 Å². The number of hydrogen-bond acceptors (Lipinski definition) is 7. The van der Waals surface area contributed by atoms with Crippen molar-refractivity contribution in [1.82, 2.24) is 25.9 Å². The Morgan fingerprint density at radius 3 is 1.94 bits per heavy atom. The lowest BCUT2D eigenvalue weighted by molar-refractivity contribution is -0.142. The van der Waals surface area contributed by atoms with Crippen LogP contribution in [0.25, 0.3) is 0 Å². The maximum atomic E-state index is 13.1. The fourth-order valence-electron chi connectivity index (χ4n) is 3.49. The summed E-state index contributed by atoms with van der Waals surface area (Å²) in [6, 6.07) is -4.56. The molecule has 13 nitrogen and oxygen atoms in total. The number of hydrogen-bond donors (Lipinski definition) is 7. The molecule has 36 heavy (non-hydrogen) atoms. The lowest BCUT2D eigenvalue weighted by atomic mass is 10.0. The smallest absolute Gasteiger partial charge is 0.326 e. The van der Waals surface area contributed by atoms with E-state index in [-0.39, 0.29) is 31.1 Å². The number of H-pyrrole nitrogens is 1. The molecule has 4 unspecified atom stereocenters. The van der Waals surface area contributed by atoms with Crippen LogP contribution < -0.4 is 21.7 Å². The van der Waals surface area contributed by atoms with Gasteiger partial charge in [-0.3, -0.25) is 19.2 Å². The number of nitrogens with zero attached hydrogens (tertiary/aromatic N) is 1. The van der Waals surface area contributed by atoms with Crippen molar-refractivity contribution < 1.29 is 34.2 Å². The van der Waals surface area contributed by atoms with Crippen molar-refractivity contribution in [3.63, 3.8) is 0 Å². The Balaban J connectivity index is 3.08. The molecule has 1 aromatic rings. The van der Waals surface area contributed by atoms with Gasteiger partial charge in [-0.25, -0.2) is 9.78 Å². The van der Waals surface area contributed by atoms with Crippen LogP contribution in [-0.2, 0) is 30.4 Å². The van der Waals surface area contributed by atoms with Gasteiger partial charge in [-0.05, 0) is 31.1 Å². The Hall–Kier alpha value is -3.48. The maximum Gasteiger partial charge on any atom is 0.326 e. The van der Waals surface area contributed by atoms with E-state index in [4.69, 9.17) is 10.8 Å². The van der Waals surface area contributed by atoms with Gasteiger partial charge in [0.25, 0.3) is 0 Å². The summed E-state index contributed by atoms with van der Waals surface area (Å²) in [5.74, 6) is -4.44. The molecular weight excluding hydrogens is 472 g/mol. The molecule has 1 heterocycles. The summed E-state index contributed by atoms with van der Waals surface area (Å²) in [6.07, 6.45) is 2.68. The Labute approximate surface area is 210 Å². The number of nitrogens with two attached hydrogens (primary N) is 1. The first-order valence-electron chi connectivity index (χ1n) is 11.9. The molecule has 0 aliphatic heterocycles. The van der Waals surface area contributed by atoms with E-state index in [9.17, 15) is 29.1 Å². The molecule has 0 fully saturated rings. The van der Waals surface area contributed by atoms with Gasteiger partial charge < -0.3 is 36.9 Å². The molecule has 0 bridgehead atoms. The van der Waals surface area contributed by atoms with Crippen LogP contribution >= 0.6 is 0 Å². The van der Waals surface area contributed by atoms with Gasteiger partial charge in [-0.1, -0.05) is 27.7 Å². The number of nitrogens with one attached hydrogen (secondary N) is 4. The minimum Gasteiger partial charge on any atom is -0.481 e. The molecule has 1 aromatic heterocycles. The van der Waals surface area contributed by atoms with Crippen molar-refractivity contribution >= 4 is 29.7 Å². The Bertz CT molecular complexity index is 888. The molecule has 0 aliphatic carbocycles. The molecular formula is C23H38N6O7. The molecule has 202 valence electrons. The van der Waals surface area contributed by atoms with E-state index in [1.807, 2.05) is 27.7 Å². The number of aromatic nitrogens is 2. The molecule has 0 aliphatic rings. The third kappa shape index (κ3) is 11.3. The minimum atomic E-state index is -1.27. The van der Waals surface area contributed by atoms with Crippen molar-refractivity contribution in [3.8, 4) is 0 Å². The van der Waals surface area contributed by atoms with Crippen LogP contribution in [0.4, 0.5) is 0 Å². The molecule has 0 aromatic carbocycles. The zero-order valence-electron chi connectivity index (χ0n) is 21.1. The van der Waals surface area contributed by atoms with E-state index in [0.717, 1.165) is 0 Å². The van der Waals surface area contributed by atoms with Crippen molar-refractivity contribution in [3.05, 3.63) is 18.2 Å². The van der Waals surface area contributed by atoms with Crippen molar-refractivity contribution in [2.24, 2.45) is 17.6 Å². The lowest BCUT2D eigenvalue weighted by Gasteiger charge is -2.25. The first kappa shape index (κ1) is 30.6. The van der Waals surface area contributed by atoms with Crippen LogP contribution in [0, 0.1) is 11.8 Å². The molecule has 13 heteroatoms. The molecule has 4 atom stereocenters. The zero-order valence-corrected chi connectivity index (χ0v) is 21.1. The molecule has 0 spiro atoms. The molecule has 3 amide bonds. The van der Waals surface area contributed by atoms with Gasteiger partial charge in [0.05, 0.1) is 12.4 Å². The zero-order chi connectivity index (χ0) is 27.4. The van der Waals surface area contributed by atoms with Crippen molar-refractivity contribution in [2.45, 2.75) is 84.0 Å². The van der Waals surface area contributed by atoms with Crippen LogP contribution in [0.15, 0.2) is 12.5 Å². The first-order valence-corrected chi connectivity index (χ1v) is 11.9. The minimum absolute atomic E-state index is 0.0160. The number of amides is 3. The number of aromatic amines is 1. The number of carboxylic acid groups (broad SMARTS) is 2. The maximum absolute atomic E-state index is 13.1. The summed E-state index contributed by atoms with van der Waals surface area (Å²) >= 11 is 0. The van der Waals surface area contributed by atoms with Gasteiger partial charge in [0.15, 0.2) is 0 Å². The van der Waals surface area contributed by atoms with Gasteiger partial charge in [0, 0.05) is 24.7 Å². The van der Waals surface area contributed by atoms with Crippen molar-refractivity contribution in [2.75, 3.05) is 0 Å². The van der Waals surface area contributed by atoms with E-state index in [1.165, 1.54) is 12.5 Å². The quantitative estimate of drug-likeness (QED) is 0.156. The summed E-state index contributed by atoms with van der Waals surface area (Å²) in [5, 5.41) is 26.0. The monoisotopic (exact) mass is 510 g/mol. The van der Waals surface area contributed by atoms with Gasteiger partial charge in [0.2, 0.25) is 17.7 Å². The highest BCUT2D eigenvalue weighted by Crippen LogP contribution is 2.08. The number of carbonyl (C=O) groups is 5. The van der Waals surface area contributed by atoms with E-state index in [0.29, 0.717) is 12.1 Å². The van der Waals surface area contributed by atoms with Crippen molar-refractivity contribution in [1.29, 1.82) is 0 Å². The summed E-state index contributed by atoms with van der Waals surface area (Å²) in [7, 11) is 0. The second kappa shape index (κ2) is 14.8. The standard InChI is InChI=1S/C23H38N6O7/c1-12(2)7-15(24)20(32)27-16(5-6-19(30)31)21(33)28-17(9-14-10-25-11-26-14)22(34)29-18(23(35)36)8-13(3)4/h10-13,15-18H,5-9,24H2,1-4H3,(H,25,26)(H,27,32)(H,28,33)(H,29,34)(H,30,31)(H,35,36). The molecule has 0 saturated heterocycles. The predicted molar refractivity (Wildman–Crippen MR) is 129 cm³/mol. The van der Waals surface area contributed by atoms with Crippen LogP contribution in [-0.4, -0.2) is 74.0 Å². The number of rotatable bonds is 16. The van der Waals surface area contributed by atoms with Gasteiger partial charge >= 0.3 is 11.9 Å². The number of imidazole rings is 1. The summed E-state index contributed by atoms with van der Waals surface area (Å²) in [6.45, 7) is 7.38. The molecule has 0 saturated carbocycles. The van der Waals surface area contributed by atoms with Crippen LogP contribution in [0.5, 0.6) is 0 Å². The predicted octanol–water partition coefficient (Wildman–Crippen LogP) is -0.224. The van der Waals surface area contributed by atoms with Gasteiger partial charge in [-0.2, -0.15) is 0 Å². The second-order valence-electron chi connectivity index (χ2n) is 9.60. The van der Waals surface area contributed by atoms with Crippen LogP contribution in [0.3, 0.4) is 0 Å². The number of aliphatic carboxylic acids is 2. The average molecular weight is 511 g/mol. The lowest BCUT2D eigenvalue weighted by Crippen LogP contribution is -2.57. The highest BCUT2D eigenvalue weighted by atomic mass is 16.4. The third-order valence-electron chi connectivity index (χ3n) is 5.28. The normalized spacial score (nSPS) is 14.5. The van der Waals surface area contributed by atoms with Crippen LogP contribution in [0.1, 0.15) is 59.1 Å². The van der Waals surface area contributed by atoms with Gasteiger partial charge in [-0.15, -0.1) is 0 Å². The first-order chi connectivity index (χ1) is 16.8. The fraction of sp³-hybridized carbons (Fsp3) is 0.652. The molecule has 0 radical (unpaired) electrons. The number of carbonyl (C=O) groups excluding carboxylic acids is 3. The fourth-order valence-corrected chi connectivity index (χ4v) is 3.49. The SMILES string of the molecule is CC(C)CC(N)C(=O)NC(CCC(=O)O)C(=O)NC(Cc1cnc[nH]1)C(=O)NC(CC(C)C)C(=O)O. The Kier molecular flexibility index (Phi) is 12.6. The summed E-state index contributed by atoms with van der Waals surface area (Å²) in [5.41, 5.74) is 6.39. The van der Waals surface area contributed by atoms with Crippen LogP contribution in [0.2, 0.25) is 0 Å². The Morgan fingerprint density at radius 1 is 0.889 bits per heavy atom. The summed E-state index contributed by atoms with van der Waals surface area (Å²) < 4.78 is 0. The van der Waals surface area contributed by atoms with E-state index in [2.05, 4.69) is 25.9 Å². The molecule has 8 N–H and O–H groups in total. The molecule has 1 rings (SSSR count). The number of carboxylic acids is 2. The topological polar surface area (TPSA) is 217 Å². The second-order valence-corrected chi connectivity index (χ2v) is 9.60. The average Bonchev–Trinajstić information content (AvgIpc) is 3.27. The highest BCUT2D eigenvalue weighted by molar-refractivity contribution is 5.94.